The molecule has 1 atom stereocenters. The summed E-state index contributed by atoms with van der Waals surface area (Å²) in [6.07, 6.45) is -0.671. The fourth-order valence-corrected chi connectivity index (χ4v) is 1.98. The highest BCUT2D eigenvalue weighted by molar-refractivity contribution is 6.33. The summed E-state index contributed by atoms with van der Waals surface area (Å²) in [5.41, 5.74) is 6.86. The molecular weight excluding hydrogens is 250 g/mol. The summed E-state index contributed by atoms with van der Waals surface area (Å²) < 4.78 is 0. The number of hydrogen-bond donors (Lipinski definition) is 2. The molecule has 0 radical (unpaired) electrons. The minimum absolute atomic E-state index is 0.262. The molecule has 0 heterocycles. The second-order valence-corrected chi connectivity index (χ2v) is 4.48. The van der Waals surface area contributed by atoms with Crippen LogP contribution < -0.4 is 5.73 Å². The van der Waals surface area contributed by atoms with E-state index in [1.54, 1.807) is 12.1 Å². The molecule has 98 valence electrons. The van der Waals surface area contributed by atoms with Crippen LogP contribution in [0.3, 0.4) is 0 Å². The van der Waals surface area contributed by atoms with Gasteiger partial charge in [-0.3, -0.25) is 0 Å². The van der Waals surface area contributed by atoms with E-state index in [1.165, 1.54) is 0 Å². The van der Waals surface area contributed by atoms with Crippen molar-refractivity contribution in [3.63, 3.8) is 0 Å². The first kappa shape index (κ1) is 14.8. The van der Waals surface area contributed by atoms with Gasteiger partial charge in [-0.15, -0.1) is 0 Å². The quantitative estimate of drug-likeness (QED) is 0.802. The highest BCUT2D eigenvalue weighted by Gasteiger charge is 2.15. The zero-order valence-corrected chi connectivity index (χ0v) is 11.4. The number of benzene rings is 1. The molecule has 0 bridgehead atoms. The average Bonchev–Trinajstić information content (AvgIpc) is 2.38. The molecule has 4 nitrogen and oxygen atoms in total. The van der Waals surface area contributed by atoms with Crippen LogP contribution in [0.15, 0.2) is 12.1 Å². The van der Waals surface area contributed by atoms with Crippen molar-refractivity contribution in [3.8, 4) is 6.07 Å². The molecule has 0 aromatic heterocycles. The van der Waals surface area contributed by atoms with Gasteiger partial charge in [0, 0.05) is 6.54 Å². The topological polar surface area (TPSA) is 73.3 Å². The Bertz CT molecular complexity index is 452. The summed E-state index contributed by atoms with van der Waals surface area (Å²) in [5, 5.41) is 19.4. The summed E-state index contributed by atoms with van der Waals surface area (Å²) >= 11 is 5.95. The Morgan fingerprint density at radius 3 is 2.56 bits per heavy atom. The predicted molar refractivity (Wildman–Crippen MR) is 73.3 cm³/mol. The van der Waals surface area contributed by atoms with E-state index in [1.807, 2.05) is 19.9 Å². The molecule has 0 amide bonds. The molecule has 1 aromatic rings. The maximum atomic E-state index is 10.1. The van der Waals surface area contributed by atoms with Crippen molar-refractivity contribution >= 4 is 17.3 Å². The lowest BCUT2D eigenvalue weighted by molar-refractivity contribution is 0.119. The molecule has 1 unspecified atom stereocenters. The third-order valence-electron chi connectivity index (χ3n) is 2.98. The SMILES string of the molecule is CCN(CC)CC(O)c1cc(Cl)c(N)c(C#N)c1. The van der Waals surface area contributed by atoms with Gasteiger partial charge < -0.3 is 15.7 Å². The van der Waals surface area contributed by atoms with Gasteiger partial charge in [0.25, 0.3) is 0 Å². The van der Waals surface area contributed by atoms with E-state index in [4.69, 9.17) is 22.6 Å². The van der Waals surface area contributed by atoms with Gasteiger partial charge in [-0.05, 0) is 30.8 Å². The van der Waals surface area contributed by atoms with Gasteiger partial charge in [0.1, 0.15) is 6.07 Å². The molecule has 18 heavy (non-hydrogen) atoms. The molecule has 0 saturated heterocycles. The zero-order valence-electron chi connectivity index (χ0n) is 10.7. The number of rotatable bonds is 5. The van der Waals surface area contributed by atoms with E-state index in [0.717, 1.165) is 13.1 Å². The van der Waals surface area contributed by atoms with Crippen LogP contribution in [0.25, 0.3) is 0 Å². The first-order valence-corrected chi connectivity index (χ1v) is 6.30. The molecule has 1 rings (SSSR count). The fraction of sp³-hybridized carbons (Fsp3) is 0.462. The standard InChI is InChI=1S/C13H18ClN3O/c1-3-17(4-2)8-12(18)9-5-10(7-15)13(16)11(14)6-9/h5-6,12,18H,3-4,8,16H2,1-2H3. The molecule has 0 saturated carbocycles. The van der Waals surface area contributed by atoms with Gasteiger partial charge in [-0.1, -0.05) is 25.4 Å². The lowest BCUT2D eigenvalue weighted by atomic mass is 10.0. The maximum Gasteiger partial charge on any atom is 0.101 e. The van der Waals surface area contributed by atoms with Gasteiger partial charge in [0.15, 0.2) is 0 Å². The summed E-state index contributed by atoms with van der Waals surface area (Å²) in [4.78, 5) is 2.10. The third-order valence-corrected chi connectivity index (χ3v) is 3.30. The molecule has 0 spiro atoms. The Morgan fingerprint density at radius 1 is 1.44 bits per heavy atom. The first-order valence-electron chi connectivity index (χ1n) is 5.92. The number of nitrogens with zero attached hydrogens (tertiary/aromatic N) is 2. The Kier molecular flexibility index (Phi) is 5.42. The molecule has 3 N–H and O–H groups in total. The van der Waals surface area contributed by atoms with Crippen molar-refractivity contribution in [2.75, 3.05) is 25.4 Å². The van der Waals surface area contributed by atoms with Crippen molar-refractivity contribution in [1.82, 2.24) is 4.90 Å². The minimum Gasteiger partial charge on any atom is -0.396 e. The smallest absolute Gasteiger partial charge is 0.101 e. The van der Waals surface area contributed by atoms with E-state index in [2.05, 4.69) is 4.90 Å². The number of nitrogens with two attached hydrogens (primary N) is 1. The third kappa shape index (κ3) is 3.36. The Morgan fingerprint density at radius 2 is 2.06 bits per heavy atom. The highest BCUT2D eigenvalue weighted by Crippen LogP contribution is 2.27. The van der Waals surface area contributed by atoms with Crippen molar-refractivity contribution < 1.29 is 5.11 Å². The van der Waals surface area contributed by atoms with E-state index < -0.39 is 6.10 Å². The number of anilines is 1. The second kappa shape index (κ2) is 6.60. The number of aliphatic hydroxyl groups is 1. The summed E-state index contributed by atoms with van der Waals surface area (Å²) in [6.45, 7) is 6.31. The molecular formula is C13H18ClN3O. The van der Waals surface area contributed by atoms with Crippen molar-refractivity contribution in [3.05, 3.63) is 28.3 Å². The Hall–Kier alpha value is -1.28. The van der Waals surface area contributed by atoms with Crippen molar-refractivity contribution in [1.29, 1.82) is 5.26 Å². The molecule has 5 heteroatoms. The van der Waals surface area contributed by atoms with Crippen molar-refractivity contribution in [2.45, 2.75) is 20.0 Å². The van der Waals surface area contributed by atoms with Crippen LogP contribution in [0.2, 0.25) is 5.02 Å². The molecule has 0 aliphatic rings. The van der Waals surface area contributed by atoms with Crippen LogP contribution in [0.5, 0.6) is 0 Å². The first-order chi connectivity index (χ1) is 8.53. The number of nitriles is 1. The van der Waals surface area contributed by atoms with Gasteiger partial charge >= 0.3 is 0 Å². The predicted octanol–water partition coefficient (Wildman–Crippen LogP) is 2.17. The van der Waals surface area contributed by atoms with E-state index in [-0.39, 0.29) is 5.69 Å². The van der Waals surface area contributed by atoms with Gasteiger partial charge in [0.2, 0.25) is 0 Å². The summed E-state index contributed by atoms with van der Waals surface area (Å²) in [6, 6.07) is 5.19. The minimum atomic E-state index is -0.671. The Labute approximate surface area is 113 Å². The van der Waals surface area contributed by atoms with Crippen LogP contribution in [0.1, 0.15) is 31.1 Å². The summed E-state index contributed by atoms with van der Waals surface area (Å²) in [7, 11) is 0. The van der Waals surface area contributed by atoms with E-state index >= 15 is 0 Å². The van der Waals surface area contributed by atoms with E-state index in [9.17, 15) is 5.11 Å². The Balaban J connectivity index is 2.96. The number of nitrogen functional groups attached to an aromatic ring is 1. The normalized spacial score (nSPS) is 12.4. The van der Waals surface area contributed by atoms with Gasteiger partial charge in [-0.2, -0.15) is 5.26 Å². The fourth-order valence-electron chi connectivity index (χ4n) is 1.76. The number of hydrogen-bond acceptors (Lipinski definition) is 4. The molecule has 0 aliphatic carbocycles. The number of likely N-dealkylation sites (N-methyl/N-ethyl adjacent to an activating group) is 1. The zero-order chi connectivity index (χ0) is 13.7. The maximum absolute atomic E-state index is 10.1. The monoisotopic (exact) mass is 267 g/mol. The summed E-state index contributed by atoms with van der Waals surface area (Å²) in [5.74, 6) is 0. The van der Waals surface area contributed by atoms with Crippen LogP contribution in [0, 0.1) is 11.3 Å². The van der Waals surface area contributed by atoms with Crippen LogP contribution in [0.4, 0.5) is 5.69 Å². The molecule has 0 aliphatic heterocycles. The second-order valence-electron chi connectivity index (χ2n) is 4.08. The van der Waals surface area contributed by atoms with Crippen molar-refractivity contribution in [2.24, 2.45) is 0 Å². The lowest BCUT2D eigenvalue weighted by Crippen LogP contribution is -2.28. The molecule has 1 aromatic carbocycles. The number of halogens is 1. The van der Waals surface area contributed by atoms with Gasteiger partial charge in [-0.25, -0.2) is 0 Å². The lowest BCUT2D eigenvalue weighted by Gasteiger charge is -2.22. The van der Waals surface area contributed by atoms with E-state index in [0.29, 0.717) is 22.7 Å². The number of aliphatic hydroxyl groups excluding tert-OH is 1. The van der Waals surface area contributed by atoms with Crippen LogP contribution in [-0.4, -0.2) is 29.6 Å². The van der Waals surface area contributed by atoms with Crippen LogP contribution in [-0.2, 0) is 0 Å². The van der Waals surface area contributed by atoms with Crippen LogP contribution >= 0.6 is 11.6 Å². The molecule has 0 fully saturated rings. The largest absolute Gasteiger partial charge is 0.396 e. The average molecular weight is 268 g/mol. The highest BCUT2D eigenvalue weighted by atomic mass is 35.5. The van der Waals surface area contributed by atoms with Gasteiger partial charge in [0.05, 0.1) is 22.4 Å².